The average Bonchev–Trinajstić information content (AvgIpc) is 2.57. The van der Waals surface area contributed by atoms with Gasteiger partial charge in [-0.15, -0.1) is 0 Å². The number of aliphatic hydroxyl groups is 1. The summed E-state index contributed by atoms with van der Waals surface area (Å²) in [6.07, 6.45) is 2.53. The maximum atomic E-state index is 9.03. The van der Waals surface area contributed by atoms with Crippen molar-refractivity contribution in [1.82, 2.24) is 0 Å². The first-order valence-electron chi connectivity index (χ1n) is 5.27. The number of methoxy groups -OCH3 is 1. The molecule has 2 rings (SSSR count). The van der Waals surface area contributed by atoms with E-state index in [0.29, 0.717) is 6.42 Å². The lowest BCUT2D eigenvalue weighted by Crippen LogP contribution is -2.35. The lowest BCUT2D eigenvalue weighted by atomic mass is 9.90. The van der Waals surface area contributed by atoms with Crippen molar-refractivity contribution in [3.8, 4) is 5.75 Å². The van der Waals surface area contributed by atoms with Gasteiger partial charge in [0, 0.05) is 12.1 Å². The van der Waals surface area contributed by atoms with Crippen molar-refractivity contribution in [2.75, 3.05) is 13.7 Å². The van der Waals surface area contributed by atoms with Crippen molar-refractivity contribution in [2.45, 2.75) is 24.8 Å². The van der Waals surface area contributed by atoms with E-state index in [1.54, 1.807) is 7.11 Å². The van der Waals surface area contributed by atoms with Crippen molar-refractivity contribution >= 4 is 0 Å². The molecule has 0 radical (unpaired) electrons. The van der Waals surface area contributed by atoms with Crippen LogP contribution in [0.5, 0.6) is 5.75 Å². The van der Waals surface area contributed by atoms with Gasteiger partial charge in [-0.25, -0.2) is 0 Å². The van der Waals surface area contributed by atoms with Crippen LogP contribution in [0, 0.1) is 0 Å². The molecule has 0 aliphatic heterocycles. The van der Waals surface area contributed by atoms with E-state index in [1.807, 2.05) is 12.1 Å². The lowest BCUT2D eigenvalue weighted by molar-refractivity contribution is 0.238. The molecule has 3 N–H and O–H groups in total. The van der Waals surface area contributed by atoms with E-state index < -0.39 is 0 Å². The summed E-state index contributed by atoms with van der Waals surface area (Å²) in [5, 5.41) is 9.03. The van der Waals surface area contributed by atoms with Gasteiger partial charge in [-0.3, -0.25) is 0 Å². The van der Waals surface area contributed by atoms with E-state index in [1.165, 1.54) is 5.56 Å². The van der Waals surface area contributed by atoms with Gasteiger partial charge in [-0.1, -0.05) is 6.07 Å². The highest BCUT2D eigenvalue weighted by Gasteiger charge is 2.34. The first-order chi connectivity index (χ1) is 7.19. The van der Waals surface area contributed by atoms with E-state index in [9.17, 15) is 0 Å². The van der Waals surface area contributed by atoms with Gasteiger partial charge in [-0.2, -0.15) is 0 Å². The summed E-state index contributed by atoms with van der Waals surface area (Å²) in [4.78, 5) is 0. The van der Waals surface area contributed by atoms with Gasteiger partial charge in [0.15, 0.2) is 0 Å². The zero-order chi connectivity index (χ0) is 10.9. The SMILES string of the molecule is COc1ccc2c(c1)C(N)(CCO)CC2. The quantitative estimate of drug-likeness (QED) is 0.782. The van der Waals surface area contributed by atoms with Crippen LogP contribution in [0.25, 0.3) is 0 Å². The predicted octanol–water partition coefficient (Wildman–Crippen LogP) is 1.18. The molecule has 1 aromatic rings. The molecule has 1 atom stereocenters. The molecule has 0 aromatic heterocycles. The molecule has 82 valence electrons. The third-order valence-electron chi connectivity index (χ3n) is 3.25. The molecular weight excluding hydrogens is 190 g/mol. The van der Waals surface area contributed by atoms with Crippen molar-refractivity contribution in [1.29, 1.82) is 0 Å². The maximum Gasteiger partial charge on any atom is 0.119 e. The fourth-order valence-corrected chi connectivity index (χ4v) is 2.32. The predicted molar refractivity (Wildman–Crippen MR) is 58.9 cm³/mol. The maximum absolute atomic E-state index is 9.03. The van der Waals surface area contributed by atoms with E-state index in [0.717, 1.165) is 24.2 Å². The Bertz CT molecular complexity index is 361. The van der Waals surface area contributed by atoms with E-state index in [-0.39, 0.29) is 12.1 Å². The summed E-state index contributed by atoms with van der Waals surface area (Å²) in [6.45, 7) is 0.132. The molecule has 3 heteroatoms. The number of hydrogen-bond donors (Lipinski definition) is 2. The Morgan fingerprint density at radius 1 is 1.53 bits per heavy atom. The van der Waals surface area contributed by atoms with Crippen LogP contribution in [0.2, 0.25) is 0 Å². The summed E-state index contributed by atoms with van der Waals surface area (Å²) in [6, 6.07) is 6.03. The molecule has 0 spiro atoms. The van der Waals surface area contributed by atoms with Crippen LogP contribution < -0.4 is 10.5 Å². The van der Waals surface area contributed by atoms with Gasteiger partial charge in [0.05, 0.1) is 7.11 Å². The van der Waals surface area contributed by atoms with Crippen molar-refractivity contribution in [3.63, 3.8) is 0 Å². The Morgan fingerprint density at radius 3 is 3.00 bits per heavy atom. The summed E-state index contributed by atoms with van der Waals surface area (Å²) in [5.74, 6) is 0.836. The molecule has 0 amide bonds. The van der Waals surface area contributed by atoms with Crippen molar-refractivity contribution in [2.24, 2.45) is 5.73 Å². The molecule has 1 aromatic carbocycles. The van der Waals surface area contributed by atoms with Crippen molar-refractivity contribution < 1.29 is 9.84 Å². The molecule has 0 fully saturated rings. The normalized spacial score (nSPS) is 23.9. The minimum Gasteiger partial charge on any atom is -0.497 e. The number of rotatable bonds is 3. The standard InChI is InChI=1S/C12H17NO2/c1-15-10-3-2-9-4-5-12(13,6-7-14)11(9)8-10/h2-3,8,14H,4-7,13H2,1H3. The summed E-state index contributed by atoms with van der Waals surface area (Å²) in [7, 11) is 1.65. The van der Waals surface area contributed by atoms with Crippen LogP contribution >= 0.6 is 0 Å². The van der Waals surface area contributed by atoms with Crippen LogP contribution in [0.15, 0.2) is 18.2 Å². The Kier molecular flexibility index (Phi) is 2.67. The second-order valence-electron chi connectivity index (χ2n) is 4.15. The van der Waals surface area contributed by atoms with E-state index in [2.05, 4.69) is 6.07 Å². The highest BCUT2D eigenvalue weighted by molar-refractivity contribution is 5.43. The van der Waals surface area contributed by atoms with Gasteiger partial charge in [0.1, 0.15) is 5.75 Å². The van der Waals surface area contributed by atoms with Gasteiger partial charge in [-0.05, 0) is 42.5 Å². The first kappa shape index (κ1) is 10.5. The topological polar surface area (TPSA) is 55.5 Å². The van der Waals surface area contributed by atoms with Gasteiger partial charge in [0.25, 0.3) is 0 Å². The number of hydrogen-bond acceptors (Lipinski definition) is 3. The molecular formula is C12H17NO2. The number of benzene rings is 1. The molecule has 0 bridgehead atoms. The Balaban J connectivity index is 2.39. The Hall–Kier alpha value is -1.06. The second-order valence-corrected chi connectivity index (χ2v) is 4.15. The van der Waals surface area contributed by atoms with E-state index >= 15 is 0 Å². The number of aliphatic hydroxyl groups excluding tert-OH is 1. The molecule has 1 unspecified atom stereocenters. The molecule has 0 saturated heterocycles. The highest BCUT2D eigenvalue weighted by atomic mass is 16.5. The number of nitrogens with two attached hydrogens (primary N) is 1. The molecule has 1 aliphatic carbocycles. The van der Waals surface area contributed by atoms with Crippen LogP contribution in [0.3, 0.4) is 0 Å². The lowest BCUT2D eigenvalue weighted by Gasteiger charge is -2.24. The monoisotopic (exact) mass is 207 g/mol. The van der Waals surface area contributed by atoms with Crippen LogP contribution in [-0.2, 0) is 12.0 Å². The fourth-order valence-electron chi connectivity index (χ4n) is 2.32. The van der Waals surface area contributed by atoms with Gasteiger partial charge < -0.3 is 15.6 Å². The average molecular weight is 207 g/mol. The zero-order valence-corrected chi connectivity index (χ0v) is 8.99. The van der Waals surface area contributed by atoms with Gasteiger partial charge >= 0.3 is 0 Å². The number of ether oxygens (including phenoxy) is 1. The smallest absolute Gasteiger partial charge is 0.119 e. The Morgan fingerprint density at radius 2 is 2.33 bits per heavy atom. The second kappa shape index (κ2) is 3.83. The molecule has 1 aliphatic rings. The van der Waals surface area contributed by atoms with Gasteiger partial charge in [0.2, 0.25) is 0 Å². The van der Waals surface area contributed by atoms with Crippen LogP contribution in [-0.4, -0.2) is 18.8 Å². The third kappa shape index (κ3) is 1.73. The zero-order valence-electron chi connectivity index (χ0n) is 8.99. The van der Waals surface area contributed by atoms with Crippen LogP contribution in [0.1, 0.15) is 24.0 Å². The molecule has 0 heterocycles. The molecule has 3 nitrogen and oxygen atoms in total. The minimum absolute atomic E-state index is 0.132. The Labute approximate surface area is 89.9 Å². The summed E-state index contributed by atoms with van der Waals surface area (Å²) < 4.78 is 5.19. The number of fused-ring (bicyclic) bond motifs is 1. The third-order valence-corrected chi connectivity index (χ3v) is 3.25. The highest BCUT2D eigenvalue weighted by Crippen LogP contribution is 2.38. The summed E-state index contributed by atoms with van der Waals surface area (Å²) in [5.41, 5.74) is 8.35. The van der Waals surface area contributed by atoms with Crippen molar-refractivity contribution in [3.05, 3.63) is 29.3 Å². The summed E-state index contributed by atoms with van der Waals surface area (Å²) >= 11 is 0. The van der Waals surface area contributed by atoms with E-state index in [4.69, 9.17) is 15.6 Å². The first-order valence-corrected chi connectivity index (χ1v) is 5.27. The molecule has 15 heavy (non-hydrogen) atoms. The fraction of sp³-hybridized carbons (Fsp3) is 0.500. The minimum atomic E-state index is -0.362. The number of aryl methyl sites for hydroxylation is 1. The molecule has 0 saturated carbocycles. The largest absolute Gasteiger partial charge is 0.497 e. The van der Waals surface area contributed by atoms with Crippen LogP contribution in [0.4, 0.5) is 0 Å².